The van der Waals surface area contributed by atoms with E-state index in [2.05, 4.69) is 23.7 Å². The van der Waals surface area contributed by atoms with E-state index < -0.39 is 0 Å². The topological polar surface area (TPSA) is 24.4 Å². The summed E-state index contributed by atoms with van der Waals surface area (Å²) < 4.78 is 0. The molecule has 74 valence electrons. The molecule has 0 amide bonds. The molecule has 2 aliphatic carbocycles. The second-order valence-electron chi connectivity index (χ2n) is 4.71. The SMILES string of the molecule is CC1CCCC(/C=N/NC2CC2)C1. The quantitative estimate of drug-likeness (QED) is 0.524. The number of hydrogen-bond donors (Lipinski definition) is 1. The van der Waals surface area contributed by atoms with Gasteiger partial charge in [-0.15, -0.1) is 0 Å². The van der Waals surface area contributed by atoms with Crippen LogP contribution in [-0.2, 0) is 0 Å². The van der Waals surface area contributed by atoms with E-state index >= 15 is 0 Å². The fourth-order valence-corrected chi connectivity index (χ4v) is 2.08. The summed E-state index contributed by atoms with van der Waals surface area (Å²) in [4.78, 5) is 0. The minimum atomic E-state index is 0.706. The van der Waals surface area contributed by atoms with Gasteiger partial charge < -0.3 is 5.43 Å². The normalized spacial score (nSPS) is 35.2. The third-order valence-corrected chi connectivity index (χ3v) is 3.10. The van der Waals surface area contributed by atoms with Crippen LogP contribution in [0.3, 0.4) is 0 Å². The van der Waals surface area contributed by atoms with Gasteiger partial charge >= 0.3 is 0 Å². The zero-order valence-corrected chi connectivity index (χ0v) is 8.50. The molecule has 0 aliphatic heterocycles. The highest BCUT2D eigenvalue weighted by Crippen LogP contribution is 2.27. The Morgan fingerprint density at radius 1 is 1.23 bits per heavy atom. The Morgan fingerprint density at radius 2 is 2.08 bits per heavy atom. The van der Waals surface area contributed by atoms with Crippen molar-refractivity contribution in [1.82, 2.24) is 5.43 Å². The average molecular weight is 180 g/mol. The van der Waals surface area contributed by atoms with E-state index in [9.17, 15) is 0 Å². The van der Waals surface area contributed by atoms with Crippen LogP contribution in [0, 0.1) is 11.8 Å². The molecule has 2 rings (SSSR count). The second-order valence-corrected chi connectivity index (χ2v) is 4.71. The molecule has 0 radical (unpaired) electrons. The molecule has 0 saturated heterocycles. The molecule has 2 saturated carbocycles. The van der Waals surface area contributed by atoms with Gasteiger partial charge in [0.2, 0.25) is 0 Å². The second kappa shape index (κ2) is 4.12. The zero-order chi connectivity index (χ0) is 9.10. The van der Waals surface area contributed by atoms with Crippen molar-refractivity contribution >= 4 is 6.21 Å². The van der Waals surface area contributed by atoms with Gasteiger partial charge in [0.1, 0.15) is 0 Å². The van der Waals surface area contributed by atoms with Crippen molar-refractivity contribution in [2.24, 2.45) is 16.9 Å². The van der Waals surface area contributed by atoms with Gasteiger partial charge in [0.25, 0.3) is 0 Å². The summed E-state index contributed by atoms with van der Waals surface area (Å²) in [7, 11) is 0. The van der Waals surface area contributed by atoms with Gasteiger partial charge in [0.15, 0.2) is 0 Å². The monoisotopic (exact) mass is 180 g/mol. The van der Waals surface area contributed by atoms with Crippen LogP contribution in [0.2, 0.25) is 0 Å². The first-order valence-electron chi connectivity index (χ1n) is 5.63. The summed E-state index contributed by atoms with van der Waals surface area (Å²) in [5, 5.41) is 4.32. The van der Waals surface area contributed by atoms with E-state index in [0.29, 0.717) is 6.04 Å². The molecule has 2 heteroatoms. The van der Waals surface area contributed by atoms with Gasteiger partial charge in [-0.1, -0.05) is 19.8 Å². The van der Waals surface area contributed by atoms with Crippen molar-refractivity contribution in [3.63, 3.8) is 0 Å². The summed E-state index contributed by atoms with van der Waals surface area (Å²) in [6.45, 7) is 2.36. The highest BCUT2D eigenvalue weighted by molar-refractivity contribution is 5.60. The lowest BCUT2D eigenvalue weighted by atomic mass is 9.83. The van der Waals surface area contributed by atoms with Crippen molar-refractivity contribution in [1.29, 1.82) is 0 Å². The molecule has 1 N–H and O–H groups in total. The van der Waals surface area contributed by atoms with Crippen LogP contribution in [0.15, 0.2) is 5.10 Å². The molecule has 0 spiro atoms. The lowest BCUT2D eigenvalue weighted by Crippen LogP contribution is -2.16. The Hall–Kier alpha value is -0.530. The molecular weight excluding hydrogens is 160 g/mol. The van der Waals surface area contributed by atoms with E-state index in [1.54, 1.807) is 0 Å². The average Bonchev–Trinajstić information content (AvgIpc) is 2.88. The minimum Gasteiger partial charge on any atom is -0.307 e. The molecule has 2 atom stereocenters. The van der Waals surface area contributed by atoms with Crippen molar-refractivity contribution in [3.05, 3.63) is 0 Å². The fourth-order valence-electron chi connectivity index (χ4n) is 2.08. The molecule has 2 fully saturated rings. The van der Waals surface area contributed by atoms with Crippen molar-refractivity contribution in [2.45, 2.75) is 51.5 Å². The molecule has 0 bridgehead atoms. The summed E-state index contributed by atoms with van der Waals surface area (Å²) >= 11 is 0. The third-order valence-electron chi connectivity index (χ3n) is 3.10. The lowest BCUT2D eigenvalue weighted by molar-refractivity contribution is 0.342. The Balaban J connectivity index is 1.69. The first-order chi connectivity index (χ1) is 6.34. The molecule has 0 aromatic heterocycles. The van der Waals surface area contributed by atoms with E-state index in [4.69, 9.17) is 0 Å². The summed E-state index contributed by atoms with van der Waals surface area (Å²) in [5.41, 5.74) is 3.19. The van der Waals surface area contributed by atoms with Crippen LogP contribution in [0.25, 0.3) is 0 Å². The summed E-state index contributed by atoms with van der Waals surface area (Å²) in [5.74, 6) is 1.65. The van der Waals surface area contributed by atoms with Crippen LogP contribution in [-0.4, -0.2) is 12.3 Å². The first kappa shape index (κ1) is 9.04. The summed E-state index contributed by atoms with van der Waals surface area (Å²) in [6, 6.07) is 0.706. The van der Waals surface area contributed by atoms with Gasteiger partial charge in [-0.05, 0) is 37.5 Å². The lowest BCUT2D eigenvalue weighted by Gasteiger charge is -2.23. The summed E-state index contributed by atoms with van der Waals surface area (Å²) in [6.07, 6.45) is 10.3. The predicted octanol–water partition coefficient (Wildman–Crippen LogP) is 2.55. The van der Waals surface area contributed by atoms with Crippen molar-refractivity contribution in [2.75, 3.05) is 0 Å². The van der Waals surface area contributed by atoms with Gasteiger partial charge in [-0.25, -0.2) is 0 Å². The number of hydrogen-bond acceptors (Lipinski definition) is 2. The highest BCUT2D eigenvalue weighted by Gasteiger charge is 2.20. The van der Waals surface area contributed by atoms with Crippen LogP contribution < -0.4 is 5.43 Å². The van der Waals surface area contributed by atoms with E-state index in [-0.39, 0.29) is 0 Å². The number of hydrazone groups is 1. The van der Waals surface area contributed by atoms with Crippen LogP contribution in [0.1, 0.15) is 45.4 Å². The molecular formula is C11H20N2. The van der Waals surface area contributed by atoms with Crippen LogP contribution >= 0.6 is 0 Å². The van der Waals surface area contributed by atoms with Gasteiger partial charge in [0.05, 0.1) is 0 Å². The van der Waals surface area contributed by atoms with Gasteiger partial charge in [0, 0.05) is 12.3 Å². The molecule has 0 aromatic rings. The smallest absolute Gasteiger partial charge is 0.0441 e. The van der Waals surface area contributed by atoms with Crippen molar-refractivity contribution in [3.8, 4) is 0 Å². The minimum absolute atomic E-state index is 0.706. The van der Waals surface area contributed by atoms with Crippen LogP contribution in [0.5, 0.6) is 0 Å². The van der Waals surface area contributed by atoms with Gasteiger partial charge in [-0.3, -0.25) is 0 Å². The third kappa shape index (κ3) is 3.02. The van der Waals surface area contributed by atoms with E-state index in [1.165, 1.54) is 38.5 Å². The molecule has 2 nitrogen and oxygen atoms in total. The Kier molecular flexibility index (Phi) is 2.87. The standard InChI is InChI=1S/C11H20N2/c1-9-3-2-4-10(7-9)8-12-13-11-5-6-11/h8-11,13H,2-7H2,1H3/b12-8+. The number of nitrogens with one attached hydrogen (secondary N) is 1. The maximum absolute atomic E-state index is 4.32. The first-order valence-corrected chi connectivity index (χ1v) is 5.63. The van der Waals surface area contributed by atoms with Crippen LogP contribution in [0.4, 0.5) is 0 Å². The highest BCUT2D eigenvalue weighted by atomic mass is 15.3. The maximum Gasteiger partial charge on any atom is 0.0441 e. The Morgan fingerprint density at radius 3 is 2.77 bits per heavy atom. The predicted molar refractivity (Wildman–Crippen MR) is 55.8 cm³/mol. The van der Waals surface area contributed by atoms with E-state index in [1.807, 2.05) is 0 Å². The number of nitrogens with zero attached hydrogens (tertiary/aromatic N) is 1. The zero-order valence-electron chi connectivity index (χ0n) is 8.50. The fraction of sp³-hybridized carbons (Fsp3) is 0.909. The molecule has 0 aromatic carbocycles. The van der Waals surface area contributed by atoms with Gasteiger partial charge in [-0.2, -0.15) is 5.10 Å². The molecule has 13 heavy (non-hydrogen) atoms. The molecule has 2 unspecified atom stereocenters. The molecule has 0 heterocycles. The Labute approximate surface area is 80.8 Å². The Bertz CT molecular complexity index is 185. The molecule has 2 aliphatic rings. The largest absolute Gasteiger partial charge is 0.307 e. The van der Waals surface area contributed by atoms with Crippen molar-refractivity contribution < 1.29 is 0 Å². The maximum atomic E-state index is 4.32. The number of rotatable bonds is 3. The van der Waals surface area contributed by atoms with E-state index in [0.717, 1.165) is 11.8 Å².